The summed E-state index contributed by atoms with van der Waals surface area (Å²) in [7, 11) is 0. The van der Waals surface area contributed by atoms with Crippen molar-refractivity contribution >= 4 is 17.3 Å². The second-order valence-electron chi connectivity index (χ2n) is 4.81. The second-order valence-corrected chi connectivity index (χ2v) is 5.16. The SMILES string of the molecule is Cc1ccnc(Cl)c1NC1CCCCC1C. The summed E-state index contributed by atoms with van der Waals surface area (Å²) in [5.74, 6) is 0.726. The highest BCUT2D eigenvalue weighted by atomic mass is 35.5. The number of halogens is 1. The van der Waals surface area contributed by atoms with Crippen LogP contribution in [0.3, 0.4) is 0 Å². The van der Waals surface area contributed by atoms with Crippen LogP contribution in [-0.4, -0.2) is 11.0 Å². The first kappa shape index (κ1) is 11.7. The zero-order valence-electron chi connectivity index (χ0n) is 9.96. The zero-order chi connectivity index (χ0) is 11.5. The third-order valence-electron chi connectivity index (χ3n) is 3.55. The molecule has 16 heavy (non-hydrogen) atoms. The molecule has 1 aromatic rings. The van der Waals surface area contributed by atoms with Gasteiger partial charge in [-0.15, -0.1) is 0 Å². The number of pyridine rings is 1. The predicted molar refractivity (Wildman–Crippen MR) is 69.0 cm³/mol. The Balaban J connectivity index is 2.13. The summed E-state index contributed by atoms with van der Waals surface area (Å²) >= 11 is 6.12. The minimum atomic E-state index is 0.550. The van der Waals surface area contributed by atoms with Gasteiger partial charge in [0.1, 0.15) is 0 Å². The second kappa shape index (κ2) is 5.05. The molecule has 1 saturated carbocycles. The van der Waals surface area contributed by atoms with Crippen molar-refractivity contribution in [2.24, 2.45) is 5.92 Å². The first-order chi connectivity index (χ1) is 7.68. The molecule has 0 bridgehead atoms. The van der Waals surface area contributed by atoms with E-state index in [-0.39, 0.29) is 0 Å². The maximum absolute atomic E-state index is 6.12. The van der Waals surface area contributed by atoms with Crippen LogP contribution in [0.5, 0.6) is 0 Å². The van der Waals surface area contributed by atoms with Gasteiger partial charge in [-0.05, 0) is 37.3 Å². The standard InChI is InChI=1S/C13H19ClN2/c1-9-5-3-4-6-11(9)16-12-10(2)7-8-15-13(12)14/h7-9,11,16H,3-6H2,1-2H3. The van der Waals surface area contributed by atoms with Gasteiger partial charge in [-0.2, -0.15) is 0 Å². The van der Waals surface area contributed by atoms with Crippen molar-refractivity contribution in [3.8, 4) is 0 Å². The van der Waals surface area contributed by atoms with Gasteiger partial charge >= 0.3 is 0 Å². The Morgan fingerprint density at radius 2 is 2.12 bits per heavy atom. The van der Waals surface area contributed by atoms with Crippen LogP contribution in [0.25, 0.3) is 0 Å². The molecule has 0 amide bonds. The number of hydrogen-bond donors (Lipinski definition) is 1. The molecule has 2 unspecified atom stereocenters. The van der Waals surface area contributed by atoms with E-state index in [4.69, 9.17) is 11.6 Å². The van der Waals surface area contributed by atoms with E-state index in [0.29, 0.717) is 11.2 Å². The van der Waals surface area contributed by atoms with Gasteiger partial charge in [0.15, 0.2) is 5.15 Å². The lowest BCUT2D eigenvalue weighted by atomic mass is 9.86. The molecular formula is C13H19ClN2. The van der Waals surface area contributed by atoms with Crippen molar-refractivity contribution in [3.05, 3.63) is 23.0 Å². The van der Waals surface area contributed by atoms with Crippen LogP contribution >= 0.6 is 11.6 Å². The van der Waals surface area contributed by atoms with E-state index in [9.17, 15) is 0 Å². The lowest BCUT2D eigenvalue weighted by Gasteiger charge is -2.31. The highest BCUT2D eigenvalue weighted by Crippen LogP contribution is 2.30. The van der Waals surface area contributed by atoms with Crippen molar-refractivity contribution in [3.63, 3.8) is 0 Å². The third kappa shape index (κ3) is 2.49. The molecule has 2 atom stereocenters. The highest BCUT2D eigenvalue weighted by molar-refractivity contribution is 6.32. The summed E-state index contributed by atoms with van der Waals surface area (Å²) in [5, 5.41) is 4.17. The fraction of sp³-hybridized carbons (Fsp3) is 0.615. The molecule has 88 valence electrons. The van der Waals surface area contributed by atoms with E-state index >= 15 is 0 Å². The summed E-state index contributed by atoms with van der Waals surface area (Å²) in [6.07, 6.45) is 6.99. The smallest absolute Gasteiger partial charge is 0.152 e. The Morgan fingerprint density at radius 3 is 2.81 bits per heavy atom. The van der Waals surface area contributed by atoms with Crippen LogP contribution in [0.15, 0.2) is 12.3 Å². The largest absolute Gasteiger partial charge is 0.379 e. The predicted octanol–water partition coefficient (Wildman–Crippen LogP) is 4.03. The average Bonchev–Trinajstić information content (AvgIpc) is 2.26. The van der Waals surface area contributed by atoms with Gasteiger partial charge < -0.3 is 5.32 Å². The lowest BCUT2D eigenvalue weighted by molar-refractivity contribution is 0.349. The number of aromatic nitrogens is 1. The number of nitrogens with zero attached hydrogens (tertiary/aromatic N) is 1. The molecule has 0 spiro atoms. The van der Waals surface area contributed by atoms with Crippen LogP contribution < -0.4 is 5.32 Å². The number of nitrogens with one attached hydrogen (secondary N) is 1. The Kier molecular flexibility index (Phi) is 3.70. The monoisotopic (exact) mass is 238 g/mol. The fourth-order valence-electron chi connectivity index (χ4n) is 2.41. The Bertz CT molecular complexity index is 345. The van der Waals surface area contributed by atoms with Gasteiger partial charge in [-0.1, -0.05) is 31.4 Å². The van der Waals surface area contributed by atoms with E-state index in [0.717, 1.165) is 11.6 Å². The summed E-state index contributed by atoms with van der Waals surface area (Å²) in [6.45, 7) is 4.39. The molecule has 2 nitrogen and oxygen atoms in total. The normalized spacial score (nSPS) is 25.4. The highest BCUT2D eigenvalue weighted by Gasteiger charge is 2.22. The summed E-state index contributed by atoms with van der Waals surface area (Å²) in [6, 6.07) is 2.55. The first-order valence-electron chi connectivity index (χ1n) is 6.06. The van der Waals surface area contributed by atoms with Gasteiger partial charge in [0.25, 0.3) is 0 Å². The molecule has 1 heterocycles. The molecule has 0 aliphatic heterocycles. The topological polar surface area (TPSA) is 24.9 Å². The lowest BCUT2D eigenvalue weighted by Crippen LogP contribution is -2.30. The Hall–Kier alpha value is -0.760. The van der Waals surface area contributed by atoms with Gasteiger partial charge in [-0.3, -0.25) is 0 Å². The molecule has 0 saturated heterocycles. The molecule has 3 heteroatoms. The van der Waals surface area contributed by atoms with Crippen molar-refractivity contribution in [1.82, 2.24) is 4.98 Å². The minimum Gasteiger partial charge on any atom is -0.379 e. The maximum Gasteiger partial charge on any atom is 0.152 e. The quantitative estimate of drug-likeness (QED) is 0.787. The number of rotatable bonds is 2. The molecular weight excluding hydrogens is 220 g/mol. The molecule has 1 N–H and O–H groups in total. The molecule has 1 aliphatic carbocycles. The van der Waals surface area contributed by atoms with Crippen LogP contribution in [0.4, 0.5) is 5.69 Å². The van der Waals surface area contributed by atoms with E-state index in [1.165, 1.54) is 31.2 Å². The van der Waals surface area contributed by atoms with Crippen molar-refractivity contribution in [2.45, 2.75) is 45.6 Å². The van der Waals surface area contributed by atoms with Crippen LogP contribution in [0.1, 0.15) is 38.2 Å². The van der Waals surface area contributed by atoms with Crippen LogP contribution in [-0.2, 0) is 0 Å². The molecule has 1 fully saturated rings. The summed E-state index contributed by atoms with van der Waals surface area (Å²) in [4.78, 5) is 4.13. The van der Waals surface area contributed by atoms with Gasteiger partial charge in [-0.25, -0.2) is 4.98 Å². The number of anilines is 1. The number of hydrogen-bond acceptors (Lipinski definition) is 2. The summed E-state index contributed by atoms with van der Waals surface area (Å²) < 4.78 is 0. The maximum atomic E-state index is 6.12. The number of aryl methyl sites for hydroxylation is 1. The van der Waals surface area contributed by atoms with Crippen molar-refractivity contribution in [2.75, 3.05) is 5.32 Å². The third-order valence-corrected chi connectivity index (χ3v) is 3.84. The average molecular weight is 239 g/mol. The van der Waals surface area contributed by atoms with E-state index in [2.05, 4.69) is 24.1 Å². The fourth-order valence-corrected chi connectivity index (χ4v) is 2.67. The first-order valence-corrected chi connectivity index (χ1v) is 6.44. The van der Waals surface area contributed by atoms with E-state index in [1.807, 2.05) is 6.07 Å². The summed E-state index contributed by atoms with van der Waals surface area (Å²) in [5.41, 5.74) is 2.20. The van der Waals surface area contributed by atoms with Gasteiger partial charge in [0.2, 0.25) is 0 Å². The van der Waals surface area contributed by atoms with Crippen molar-refractivity contribution in [1.29, 1.82) is 0 Å². The van der Waals surface area contributed by atoms with Crippen molar-refractivity contribution < 1.29 is 0 Å². The van der Waals surface area contributed by atoms with E-state index in [1.54, 1.807) is 6.20 Å². The zero-order valence-corrected chi connectivity index (χ0v) is 10.7. The molecule has 1 aliphatic rings. The molecule has 0 aromatic carbocycles. The minimum absolute atomic E-state index is 0.550. The van der Waals surface area contributed by atoms with Gasteiger partial charge in [0, 0.05) is 12.2 Å². The Labute approximate surface area is 102 Å². The Morgan fingerprint density at radius 1 is 1.38 bits per heavy atom. The van der Waals surface area contributed by atoms with E-state index < -0.39 is 0 Å². The van der Waals surface area contributed by atoms with Crippen LogP contribution in [0.2, 0.25) is 5.15 Å². The van der Waals surface area contributed by atoms with Crippen LogP contribution in [0, 0.1) is 12.8 Å². The van der Waals surface area contributed by atoms with Gasteiger partial charge in [0.05, 0.1) is 5.69 Å². The molecule has 2 rings (SSSR count). The molecule has 0 radical (unpaired) electrons. The molecule has 1 aromatic heterocycles.